The Morgan fingerprint density at radius 2 is 1.58 bits per heavy atom. The van der Waals surface area contributed by atoms with Crippen LogP contribution in [0.15, 0.2) is 83.8 Å². The second kappa shape index (κ2) is 11.1. The van der Waals surface area contributed by atoms with Crippen LogP contribution in [0, 0.1) is 6.92 Å². The van der Waals surface area contributed by atoms with Crippen molar-refractivity contribution in [3.8, 4) is 5.75 Å². The van der Waals surface area contributed by atoms with Gasteiger partial charge in [-0.2, -0.15) is 8.42 Å². The molecule has 0 saturated carbocycles. The van der Waals surface area contributed by atoms with Crippen LogP contribution in [0.1, 0.15) is 36.0 Å². The van der Waals surface area contributed by atoms with Gasteiger partial charge in [-0.05, 0) is 55.7 Å². The number of ether oxygens (including phenoxy) is 1. The number of benzene rings is 3. The van der Waals surface area contributed by atoms with E-state index in [2.05, 4.69) is 0 Å². The lowest BCUT2D eigenvalue weighted by molar-refractivity contribution is -0.143. The molecule has 0 saturated heterocycles. The number of carbonyl (C=O) groups excluding carboxylic acids is 1. The van der Waals surface area contributed by atoms with E-state index < -0.39 is 16.2 Å². The zero-order valence-corrected chi connectivity index (χ0v) is 19.6. The van der Waals surface area contributed by atoms with Crippen molar-refractivity contribution in [2.45, 2.75) is 43.5 Å². The zero-order valence-electron chi connectivity index (χ0n) is 18.8. The van der Waals surface area contributed by atoms with Gasteiger partial charge in [-0.1, -0.05) is 60.2 Å². The third-order valence-electron chi connectivity index (χ3n) is 5.35. The van der Waals surface area contributed by atoms with E-state index in [1.807, 2.05) is 37.3 Å². The van der Waals surface area contributed by atoms with E-state index in [-0.39, 0.29) is 29.0 Å². The van der Waals surface area contributed by atoms with Crippen LogP contribution < -0.4 is 9.92 Å². The number of nitrogens with two attached hydrogens (primary N) is 1. The van der Waals surface area contributed by atoms with Gasteiger partial charge >= 0.3 is 16.1 Å². The topological polar surface area (TPSA) is 95.7 Å². The molecule has 0 aliphatic carbocycles. The van der Waals surface area contributed by atoms with Crippen molar-refractivity contribution in [1.82, 2.24) is 0 Å². The number of aryl methyl sites for hydroxylation is 1. The fourth-order valence-electron chi connectivity index (χ4n) is 3.59. The third-order valence-corrected chi connectivity index (χ3v) is 6.61. The minimum absolute atomic E-state index is 0.0887. The van der Waals surface area contributed by atoms with Gasteiger partial charge in [0.05, 0.1) is 13.0 Å². The minimum Gasteiger partial charge on any atom is -0.466 e. The molecule has 0 spiro atoms. The maximum atomic E-state index is 12.6. The lowest BCUT2D eigenvalue weighted by Gasteiger charge is -2.24. The normalized spacial score (nSPS) is 13.2. The van der Waals surface area contributed by atoms with E-state index in [4.69, 9.17) is 14.7 Å². The van der Waals surface area contributed by atoms with Crippen molar-refractivity contribution in [2.24, 2.45) is 5.73 Å². The second-order valence-electron chi connectivity index (χ2n) is 7.89. The van der Waals surface area contributed by atoms with Crippen LogP contribution in [0.3, 0.4) is 0 Å². The van der Waals surface area contributed by atoms with Crippen LogP contribution in [0.25, 0.3) is 0 Å². The number of rotatable bonds is 10. The summed E-state index contributed by atoms with van der Waals surface area (Å²) in [4.78, 5) is 12.1. The van der Waals surface area contributed by atoms with Gasteiger partial charge in [0, 0.05) is 12.0 Å². The van der Waals surface area contributed by atoms with E-state index in [1.165, 1.54) is 12.1 Å². The molecule has 2 unspecified atom stereocenters. The standard InChI is InChI=1S/C26H29NO5S/c1-3-31-26(28)18-25(27)24(17-20-7-5-4-6-8-20)21-11-13-22(14-12-21)32-33(29,30)23-15-9-19(2)10-16-23/h4-16,24-25H,3,17-18,27H2,1-2H3. The van der Waals surface area contributed by atoms with Crippen LogP contribution in [-0.4, -0.2) is 27.0 Å². The third kappa shape index (κ3) is 6.91. The molecular formula is C26H29NO5S. The quantitative estimate of drug-likeness (QED) is 0.351. The van der Waals surface area contributed by atoms with Gasteiger partial charge in [-0.15, -0.1) is 0 Å². The van der Waals surface area contributed by atoms with Crippen LogP contribution in [0.5, 0.6) is 5.75 Å². The fourth-order valence-corrected chi connectivity index (χ4v) is 4.52. The van der Waals surface area contributed by atoms with Gasteiger partial charge in [0.2, 0.25) is 0 Å². The molecule has 7 heteroatoms. The summed E-state index contributed by atoms with van der Waals surface area (Å²) in [6.07, 6.45) is 0.717. The van der Waals surface area contributed by atoms with Gasteiger partial charge < -0.3 is 14.7 Å². The molecule has 2 atom stereocenters. The smallest absolute Gasteiger partial charge is 0.339 e. The van der Waals surface area contributed by atoms with Crippen molar-refractivity contribution < 1.29 is 22.1 Å². The van der Waals surface area contributed by atoms with Gasteiger partial charge in [0.15, 0.2) is 0 Å². The molecule has 0 aliphatic rings. The SMILES string of the molecule is CCOC(=O)CC(N)C(Cc1ccccc1)c1ccc(OS(=O)(=O)c2ccc(C)cc2)cc1. The molecule has 0 amide bonds. The Labute approximate surface area is 195 Å². The predicted molar refractivity (Wildman–Crippen MR) is 128 cm³/mol. The molecular weight excluding hydrogens is 438 g/mol. The molecule has 0 bridgehead atoms. The van der Waals surface area contributed by atoms with Gasteiger partial charge in [-0.25, -0.2) is 0 Å². The highest BCUT2D eigenvalue weighted by atomic mass is 32.2. The molecule has 0 fully saturated rings. The first-order valence-electron chi connectivity index (χ1n) is 10.8. The maximum Gasteiger partial charge on any atom is 0.339 e. The highest BCUT2D eigenvalue weighted by molar-refractivity contribution is 7.87. The molecule has 0 aliphatic heterocycles. The molecule has 0 heterocycles. The first-order valence-corrected chi connectivity index (χ1v) is 12.3. The molecule has 33 heavy (non-hydrogen) atoms. The Hall–Kier alpha value is -3.16. The first kappa shape index (κ1) is 24.5. The predicted octanol–water partition coefficient (Wildman–Crippen LogP) is 4.37. The average molecular weight is 468 g/mol. The molecule has 3 rings (SSSR count). The van der Waals surface area contributed by atoms with Crippen LogP contribution in [-0.2, 0) is 26.1 Å². The summed E-state index contributed by atoms with van der Waals surface area (Å²) >= 11 is 0. The Bertz CT molecular complexity index is 1140. The van der Waals surface area contributed by atoms with Gasteiger partial charge in [0.25, 0.3) is 0 Å². The second-order valence-corrected chi connectivity index (χ2v) is 9.44. The Kier molecular flexibility index (Phi) is 8.25. The highest BCUT2D eigenvalue weighted by Crippen LogP contribution is 2.28. The summed E-state index contributed by atoms with van der Waals surface area (Å²) in [5, 5.41) is 0. The first-order chi connectivity index (χ1) is 15.8. The van der Waals surface area contributed by atoms with E-state index in [9.17, 15) is 13.2 Å². The van der Waals surface area contributed by atoms with Gasteiger partial charge in [-0.3, -0.25) is 4.79 Å². The summed E-state index contributed by atoms with van der Waals surface area (Å²) in [7, 11) is -3.94. The molecule has 2 N–H and O–H groups in total. The molecule has 0 aromatic heterocycles. The average Bonchev–Trinajstić information content (AvgIpc) is 2.79. The molecule has 174 valence electrons. The van der Waals surface area contributed by atoms with Crippen molar-refractivity contribution in [2.75, 3.05) is 6.61 Å². The van der Waals surface area contributed by atoms with Crippen LogP contribution in [0.4, 0.5) is 0 Å². The van der Waals surface area contributed by atoms with Crippen molar-refractivity contribution in [3.05, 3.63) is 95.6 Å². The largest absolute Gasteiger partial charge is 0.466 e. The van der Waals surface area contributed by atoms with E-state index in [1.54, 1.807) is 43.3 Å². The van der Waals surface area contributed by atoms with Crippen molar-refractivity contribution in [1.29, 1.82) is 0 Å². The maximum absolute atomic E-state index is 12.6. The van der Waals surface area contributed by atoms with Crippen molar-refractivity contribution >= 4 is 16.1 Å². The summed E-state index contributed by atoms with van der Waals surface area (Å²) in [5.74, 6) is -0.302. The summed E-state index contributed by atoms with van der Waals surface area (Å²) < 4.78 is 35.5. The van der Waals surface area contributed by atoms with Crippen LogP contribution in [0.2, 0.25) is 0 Å². The molecule has 3 aromatic rings. The number of carbonyl (C=O) groups is 1. The number of esters is 1. The molecule has 0 radical (unpaired) electrons. The highest BCUT2D eigenvalue weighted by Gasteiger charge is 2.24. The lowest BCUT2D eigenvalue weighted by atomic mass is 9.85. The Balaban J connectivity index is 1.80. The summed E-state index contributed by atoms with van der Waals surface area (Å²) in [5.41, 5.74) is 9.36. The summed E-state index contributed by atoms with van der Waals surface area (Å²) in [6, 6.07) is 22.7. The minimum atomic E-state index is -3.94. The number of hydrogen-bond donors (Lipinski definition) is 1. The Morgan fingerprint density at radius 1 is 0.939 bits per heavy atom. The summed E-state index contributed by atoms with van der Waals surface area (Å²) in [6.45, 7) is 3.94. The fraction of sp³-hybridized carbons (Fsp3) is 0.269. The van der Waals surface area contributed by atoms with E-state index in [0.29, 0.717) is 13.0 Å². The van der Waals surface area contributed by atoms with Crippen molar-refractivity contribution in [3.63, 3.8) is 0 Å². The molecule has 6 nitrogen and oxygen atoms in total. The van der Waals surface area contributed by atoms with Crippen LogP contribution >= 0.6 is 0 Å². The van der Waals surface area contributed by atoms with E-state index in [0.717, 1.165) is 16.7 Å². The lowest BCUT2D eigenvalue weighted by Crippen LogP contribution is -2.33. The monoisotopic (exact) mass is 467 g/mol. The van der Waals surface area contributed by atoms with Gasteiger partial charge in [0.1, 0.15) is 10.6 Å². The molecule has 3 aromatic carbocycles. The van der Waals surface area contributed by atoms with E-state index >= 15 is 0 Å². The zero-order chi connectivity index (χ0) is 23.8. The number of hydrogen-bond acceptors (Lipinski definition) is 6. The Morgan fingerprint density at radius 3 is 2.18 bits per heavy atom.